The van der Waals surface area contributed by atoms with Crippen molar-refractivity contribution in [2.75, 3.05) is 33.5 Å². The lowest BCUT2D eigenvalue weighted by molar-refractivity contribution is -0.244. The molecule has 0 saturated heterocycles. The van der Waals surface area contributed by atoms with E-state index in [9.17, 15) is 0 Å². The second-order valence-electron chi connectivity index (χ2n) is 2.94. The first-order chi connectivity index (χ1) is 6.76. The molecule has 0 aliphatic rings. The van der Waals surface area contributed by atoms with Crippen LogP contribution >= 0.6 is 0 Å². The molecule has 14 heavy (non-hydrogen) atoms. The van der Waals surface area contributed by atoms with Crippen molar-refractivity contribution >= 4 is 0 Å². The van der Waals surface area contributed by atoms with Crippen LogP contribution in [-0.2, 0) is 9.57 Å². The van der Waals surface area contributed by atoms with Crippen LogP contribution in [0.2, 0.25) is 0 Å². The Balaban J connectivity index is 3.77. The van der Waals surface area contributed by atoms with Crippen molar-refractivity contribution in [2.24, 2.45) is 0 Å². The Bertz CT molecular complexity index is 123. The zero-order valence-electron chi connectivity index (χ0n) is 8.98. The Labute approximate surface area is 85.2 Å². The maximum atomic E-state index is 8.62. The van der Waals surface area contributed by atoms with E-state index in [0.29, 0.717) is 6.61 Å². The Morgan fingerprint density at radius 1 is 1.21 bits per heavy atom. The van der Waals surface area contributed by atoms with Gasteiger partial charge in [-0.1, -0.05) is 13.3 Å². The SMILES string of the molecule is CCCC(OCCO)N(C)OCCO. The number of aliphatic hydroxyl groups excluding tert-OH is 2. The quantitative estimate of drug-likeness (QED) is 0.411. The van der Waals surface area contributed by atoms with Gasteiger partial charge in [0.15, 0.2) is 0 Å². The van der Waals surface area contributed by atoms with Gasteiger partial charge in [-0.05, 0) is 6.42 Å². The second kappa shape index (κ2) is 9.36. The lowest BCUT2D eigenvalue weighted by atomic mass is 10.3. The van der Waals surface area contributed by atoms with Gasteiger partial charge < -0.3 is 14.9 Å². The molecular formula is C9H21NO4. The Kier molecular flexibility index (Phi) is 9.23. The fraction of sp³-hybridized carbons (Fsp3) is 1.00. The summed E-state index contributed by atoms with van der Waals surface area (Å²) in [7, 11) is 1.76. The minimum absolute atomic E-state index is 0.00799. The summed E-state index contributed by atoms with van der Waals surface area (Å²) in [5, 5.41) is 18.8. The molecule has 0 aromatic rings. The second-order valence-corrected chi connectivity index (χ2v) is 2.94. The molecule has 2 N–H and O–H groups in total. The van der Waals surface area contributed by atoms with Gasteiger partial charge in [0.25, 0.3) is 0 Å². The van der Waals surface area contributed by atoms with E-state index in [1.54, 1.807) is 12.1 Å². The molecule has 1 atom stereocenters. The minimum atomic E-state index is -0.154. The summed E-state index contributed by atoms with van der Waals surface area (Å²) in [6.07, 6.45) is 1.66. The van der Waals surface area contributed by atoms with Gasteiger partial charge in [0, 0.05) is 7.05 Å². The summed E-state index contributed by atoms with van der Waals surface area (Å²) in [5.41, 5.74) is 0. The van der Waals surface area contributed by atoms with E-state index in [4.69, 9.17) is 19.8 Å². The molecule has 0 radical (unpaired) electrons. The van der Waals surface area contributed by atoms with E-state index in [2.05, 4.69) is 6.92 Å². The highest BCUT2D eigenvalue weighted by atomic mass is 16.7. The molecule has 86 valence electrons. The summed E-state index contributed by atoms with van der Waals surface area (Å²) in [6, 6.07) is 0. The van der Waals surface area contributed by atoms with Crippen molar-refractivity contribution in [2.45, 2.75) is 26.0 Å². The number of rotatable bonds is 9. The van der Waals surface area contributed by atoms with Crippen LogP contribution in [0.15, 0.2) is 0 Å². The molecule has 0 amide bonds. The van der Waals surface area contributed by atoms with Gasteiger partial charge >= 0.3 is 0 Å². The molecule has 0 aliphatic carbocycles. The number of ether oxygens (including phenoxy) is 1. The van der Waals surface area contributed by atoms with Crippen LogP contribution in [0.1, 0.15) is 19.8 Å². The lowest BCUT2D eigenvalue weighted by Crippen LogP contribution is -2.35. The minimum Gasteiger partial charge on any atom is -0.394 e. The van der Waals surface area contributed by atoms with Gasteiger partial charge in [0.05, 0.1) is 26.4 Å². The van der Waals surface area contributed by atoms with Gasteiger partial charge in [-0.3, -0.25) is 4.84 Å². The van der Waals surface area contributed by atoms with Crippen molar-refractivity contribution in [3.05, 3.63) is 0 Å². The number of hydrogen-bond acceptors (Lipinski definition) is 5. The summed E-state index contributed by atoms with van der Waals surface area (Å²) >= 11 is 0. The standard InChI is InChI=1S/C9H21NO4/c1-3-4-9(13-7-5-11)10(2)14-8-6-12/h9,11-12H,3-8H2,1-2H3. The first-order valence-corrected chi connectivity index (χ1v) is 4.95. The molecule has 0 aromatic carbocycles. The fourth-order valence-electron chi connectivity index (χ4n) is 1.07. The molecule has 0 spiro atoms. The van der Waals surface area contributed by atoms with Crippen LogP contribution in [-0.4, -0.2) is 55.0 Å². The summed E-state index contributed by atoms with van der Waals surface area (Å²) in [4.78, 5) is 5.18. The lowest BCUT2D eigenvalue weighted by Gasteiger charge is -2.26. The molecule has 0 fully saturated rings. The van der Waals surface area contributed by atoms with E-state index in [1.165, 1.54) is 0 Å². The average molecular weight is 207 g/mol. The van der Waals surface area contributed by atoms with Gasteiger partial charge in [-0.15, -0.1) is 0 Å². The van der Waals surface area contributed by atoms with Gasteiger partial charge in [0.1, 0.15) is 6.23 Å². The third kappa shape index (κ3) is 6.28. The van der Waals surface area contributed by atoms with Crippen LogP contribution in [0.25, 0.3) is 0 Å². The van der Waals surface area contributed by atoms with Crippen molar-refractivity contribution in [1.82, 2.24) is 5.06 Å². The van der Waals surface area contributed by atoms with Gasteiger partial charge in [-0.25, -0.2) is 0 Å². The van der Waals surface area contributed by atoms with Crippen LogP contribution in [0.4, 0.5) is 0 Å². The molecule has 1 unspecified atom stereocenters. The zero-order valence-corrected chi connectivity index (χ0v) is 8.98. The predicted octanol–water partition coefficient (Wildman–Crippen LogP) is -0.0228. The van der Waals surface area contributed by atoms with E-state index < -0.39 is 0 Å². The Morgan fingerprint density at radius 3 is 2.36 bits per heavy atom. The van der Waals surface area contributed by atoms with Crippen molar-refractivity contribution in [3.8, 4) is 0 Å². The van der Waals surface area contributed by atoms with Gasteiger partial charge in [0.2, 0.25) is 0 Å². The predicted molar refractivity (Wildman–Crippen MR) is 52.5 cm³/mol. The third-order valence-corrected chi connectivity index (χ3v) is 1.73. The number of aliphatic hydroxyl groups is 2. The molecule has 0 heterocycles. The largest absolute Gasteiger partial charge is 0.394 e. The molecule has 0 aliphatic heterocycles. The van der Waals surface area contributed by atoms with Crippen molar-refractivity contribution < 1.29 is 19.8 Å². The highest BCUT2D eigenvalue weighted by Gasteiger charge is 2.14. The zero-order chi connectivity index (χ0) is 10.8. The Morgan fingerprint density at radius 2 is 1.86 bits per heavy atom. The summed E-state index contributed by atoms with van der Waals surface area (Å²) in [5.74, 6) is 0. The van der Waals surface area contributed by atoms with E-state index in [1.807, 2.05) is 0 Å². The Hall–Kier alpha value is -0.200. The van der Waals surface area contributed by atoms with Crippen molar-refractivity contribution in [3.63, 3.8) is 0 Å². The monoisotopic (exact) mass is 207 g/mol. The first kappa shape index (κ1) is 13.8. The van der Waals surface area contributed by atoms with Crippen molar-refractivity contribution in [1.29, 1.82) is 0 Å². The average Bonchev–Trinajstić information content (AvgIpc) is 2.20. The highest BCUT2D eigenvalue weighted by molar-refractivity contribution is 4.50. The van der Waals surface area contributed by atoms with E-state index >= 15 is 0 Å². The van der Waals surface area contributed by atoms with Gasteiger partial charge in [-0.2, -0.15) is 5.06 Å². The molecule has 0 saturated carbocycles. The molecular weight excluding hydrogens is 186 g/mol. The maximum Gasteiger partial charge on any atom is 0.132 e. The topological polar surface area (TPSA) is 62.2 Å². The van der Waals surface area contributed by atoms with Crippen LogP contribution in [0.5, 0.6) is 0 Å². The molecule has 5 nitrogen and oxygen atoms in total. The molecule has 0 aromatic heterocycles. The first-order valence-electron chi connectivity index (χ1n) is 4.95. The highest BCUT2D eigenvalue weighted by Crippen LogP contribution is 2.06. The molecule has 0 rings (SSSR count). The smallest absolute Gasteiger partial charge is 0.132 e. The van der Waals surface area contributed by atoms with E-state index in [0.717, 1.165) is 12.8 Å². The van der Waals surface area contributed by atoms with Crippen LogP contribution < -0.4 is 0 Å². The normalized spacial score (nSPS) is 13.5. The number of nitrogens with zero attached hydrogens (tertiary/aromatic N) is 1. The van der Waals surface area contributed by atoms with Crippen LogP contribution in [0, 0.1) is 0 Å². The van der Waals surface area contributed by atoms with E-state index in [-0.39, 0.29) is 26.0 Å². The maximum absolute atomic E-state index is 8.62. The number of hydroxylamine groups is 2. The summed E-state index contributed by atoms with van der Waals surface area (Å²) in [6.45, 7) is 2.61. The summed E-state index contributed by atoms with van der Waals surface area (Å²) < 4.78 is 5.36. The molecule has 5 heteroatoms. The fourth-order valence-corrected chi connectivity index (χ4v) is 1.07. The molecule has 0 bridgehead atoms. The van der Waals surface area contributed by atoms with Crippen LogP contribution in [0.3, 0.4) is 0 Å². The number of hydrogen-bond donors (Lipinski definition) is 2. The third-order valence-electron chi connectivity index (χ3n) is 1.73.